The molecule has 0 bridgehead atoms. The first-order valence-corrected chi connectivity index (χ1v) is 13.3. The number of amides is 1. The lowest BCUT2D eigenvalue weighted by atomic mass is 10.2. The van der Waals surface area contributed by atoms with Gasteiger partial charge in [0, 0.05) is 31.4 Å². The summed E-state index contributed by atoms with van der Waals surface area (Å²) in [6, 6.07) is 12.3. The highest BCUT2D eigenvalue weighted by molar-refractivity contribution is 7.92. The predicted molar refractivity (Wildman–Crippen MR) is 121 cm³/mol. The smallest absolute Gasteiger partial charge is 0.255 e. The monoisotopic (exact) mass is 465 g/mol. The van der Waals surface area contributed by atoms with E-state index in [1.165, 1.54) is 35.6 Å². The van der Waals surface area contributed by atoms with Crippen molar-refractivity contribution in [2.24, 2.45) is 0 Å². The summed E-state index contributed by atoms with van der Waals surface area (Å²) >= 11 is 0. The van der Waals surface area contributed by atoms with Gasteiger partial charge in [0.05, 0.1) is 16.8 Å². The van der Waals surface area contributed by atoms with Gasteiger partial charge in [-0.2, -0.15) is 4.31 Å². The quantitative estimate of drug-likeness (QED) is 0.706. The van der Waals surface area contributed by atoms with Gasteiger partial charge in [-0.3, -0.25) is 9.10 Å². The summed E-state index contributed by atoms with van der Waals surface area (Å²) in [7, 11) is -5.49. The van der Waals surface area contributed by atoms with Gasteiger partial charge < -0.3 is 5.32 Å². The van der Waals surface area contributed by atoms with Crippen LogP contribution < -0.4 is 9.62 Å². The summed E-state index contributed by atoms with van der Waals surface area (Å²) < 4.78 is 51.6. The summed E-state index contributed by atoms with van der Waals surface area (Å²) in [5.74, 6) is -0.378. The predicted octanol–water partition coefficient (Wildman–Crippen LogP) is 2.90. The fourth-order valence-corrected chi connectivity index (χ4v) is 5.38. The van der Waals surface area contributed by atoms with E-state index in [1.54, 1.807) is 24.3 Å². The van der Waals surface area contributed by atoms with E-state index in [4.69, 9.17) is 0 Å². The number of carbonyl (C=O) groups excluding carboxylic acids is 1. The van der Waals surface area contributed by atoms with Crippen LogP contribution in [0.3, 0.4) is 0 Å². The molecule has 3 rings (SSSR count). The molecule has 31 heavy (non-hydrogen) atoms. The van der Waals surface area contributed by atoms with Gasteiger partial charge in [0.1, 0.15) is 0 Å². The first-order chi connectivity index (χ1) is 14.6. The first kappa shape index (κ1) is 23.2. The lowest BCUT2D eigenvalue weighted by molar-refractivity contribution is 0.102. The van der Waals surface area contributed by atoms with E-state index < -0.39 is 20.0 Å². The molecule has 0 saturated carbocycles. The van der Waals surface area contributed by atoms with Crippen LogP contribution in [0.5, 0.6) is 0 Å². The van der Waals surface area contributed by atoms with Crippen molar-refractivity contribution >= 4 is 37.3 Å². The number of nitrogens with one attached hydrogen (secondary N) is 1. The summed E-state index contributed by atoms with van der Waals surface area (Å²) in [6.07, 6.45) is 4.92. The van der Waals surface area contributed by atoms with Crippen LogP contribution in [0, 0.1) is 0 Å². The van der Waals surface area contributed by atoms with Gasteiger partial charge in [0.2, 0.25) is 20.0 Å². The molecule has 1 fully saturated rings. The zero-order valence-corrected chi connectivity index (χ0v) is 19.2. The molecule has 168 valence electrons. The zero-order chi connectivity index (χ0) is 22.6. The second kappa shape index (κ2) is 9.37. The van der Waals surface area contributed by atoms with E-state index in [1.807, 2.05) is 0 Å². The number of hydrogen-bond acceptors (Lipinski definition) is 5. The molecule has 10 heteroatoms. The van der Waals surface area contributed by atoms with Gasteiger partial charge >= 0.3 is 0 Å². The summed E-state index contributed by atoms with van der Waals surface area (Å²) in [4.78, 5) is 12.7. The third-order valence-corrected chi connectivity index (χ3v) is 8.42. The molecule has 1 heterocycles. The fraction of sp³-hybridized carbons (Fsp3) is 0.381. The highest BCUT2D eigenvalue weighted by Crippen LogP contribution is 2.22. The Morgan fingerprint density at radius 1 is 0.871 bits per heavy atom. The molecule has 0 radical (unpaired) electrons. The van der Waals surface area contributed by atoms with Crippen molar-refractivity contribution in [3.8, 4) is 0 Å². The van der Waals surface area contributed by atoms with Gasteiger partial charge in [-0.05, 0) is 61.4 Å². The number of benzene rings is 2. The number of carbonyl (C=O) groups is 1. The van der Waals surface area contributed by atoms with E-state index in [2.05, 4.69) is 5.32 Å². The van der Waals surface area contributed by atoms with E-state index in [9.17, 15) is 21.6 Å². The SMILES string of the molecule is CN(c1ccc(C(=O)Nc2ccc(S(=O)(=O)N3CCCCCC3)cc2)cc1)S(C)(=O)=O. The number of rotatable bonds is 6. The Bertz CT molecular complexity index is 1120. The molecular formula is C21H27N3O5S2. The molecule has 0 aromatic heterocycles. The van der Waals surface area contributed by atoms with Crippen LogP contribution in [0.15, 0.2) is 53.4 Å². The number of nitrogens with zero attached hydrogens (tertiary/aromatic N) is 2. The summed E-state index contributed by atoms with van der Waals surface area (Å²) in [6.45, 7) is 1.07. The summed E-state index contributed by atoms with van der Waals surface area (Å²) in [5, 5.41) is 2.73. The number of anilines is 2. The molecule has 1 aliphatic heterocycles. The van der Waals surface area contributed by atoms with Gasteiger partial charge in [-0.1, -0.05) is 12.8 Å². The minimum Gasteiger partial charge on any atom is -0.322 e. The summed E-state index contributed by atoms with van der Waals surface area (Å²) in [5.41, 5.74) is 1.27. The van der Waals surface area contributed by atoms with Gasteiger partial charge in [0.25, 0.3) is 5.91 Å². The van der Waals surface area contributed by atoms with Crippen molar-refractivity contribution in [1.82, 2.24) is 4.31 Å². The minimum absolute atomic E-state index is 0.209. The second-order valence-electron chi connectivity index (χ2n) is 7.57. The maximum absolute atomic E-state index is 12.8. The molecule has 0 aliphatic carbocycles. The van der Waals surface area contributed by atoms with Gasteiger partial charge in [-0.15, -0.1) is 0 Å². The lowest BCUT2D eigenvalue weighted by Crippen LogP contribution is -2.31. The highest BCUT2D eigenvalue weighted by atomic mass is 32.2. The van der Waals surface area contributed by atoms with Gasteiger partial charge in [-0.25, -0.2) is 16.8 Å². The van der Waals surface area contributed by atoms with Crippen LogP contribution in [0.4, 0.5) is 11.4 Å². The molecule has 1 saturated heterocycles. The molecule has 0 spiro atoms. The second-order valence-corrected chi connectivity index (χ2v) is 11.5. The van der Waals surface area contributed by atoms with E-state index in [-0.39, 0.29) is 10.8 Å². The molecule has 0 atom stereocenters. The third kappa shape index (κ3) is 5.63. The average molecular weight is 466 g/mol. The number of hydrogen-bond donors (Lipinski definition) is 1. The van der Waals surface area contributed by atoms with Gasteiger partial charge in [0.15, 0.2) is 0 Å². The largest absolute Gasteiger partial charge is 0.322 e. The molecule has 8 nitrogen and oxygen atoms in total. The maximum atomic E-state index is 12.8. The molecule has 1 N–H and O–H groups in total. The topological polar surface area (TPSA) is 104 Å². The highest BCUT2D eigenvalue weighted by Gasteiger charge is 2.25. The Morgan fingerprint density at radius 3 is 1.94 bits per heavy atom. The van der Waals surface area contributed by atoms with Crippen LogP contribution in [0.2, 0.25) is 0 Å². The van der Waals surface area contributed by atoms with Crippen LogP contribution in [0.25, 0.3) is 0 Å². The Morgan fingerprint density at radius 2 is 1.42 bits per heavy atom. The van der Waals surface area contributed by atoms with E-state index >= 15 is 0 Å². The number of sulfonamides is 2. The van der Waals surface area contributed by atoms with Crippen molar-refractivity contribution < 1.29 is 21.6 Å². The third-order valence-electron chi connectivity index (χ3n) is 5.31. The van der Waals surface area contributed by atoms with Crippen molar-refractivity contribution in [2.45, 2.75) is 30.6 Å². The van der Waals surface area contributed by atoms with Crippen LogP contribution >= 0.6 is 0 Å². The van der Waals surface area contributed by atoms with E-state index in [0.29, 0.717) is 30.0 Å². The Kier molecular flexibility index (Phi) is 7.03. The van der Waals surface area contributed by atoms with Crippen LogP contribution in [-0.2, 0) is 20.0 Å². The fourth-order valence-electron chi connectivity index (χ4n) is 3.36. The average Bonchev–Trinajstić information content (AvgIpc) is 3.03. The zero-order valence-electron chi connectivity index (χ0n) is 17.6. The molecule has 0 unspecified atom stereocenters. The molecule has 1 aliphatic rings. The normalized spacial score (nSPS) is 15.8. The maximum Gasteiger partial charge on any atom is 0.255 e. The molecule has 2 aromatic carbocycles. The van der Waals surface area contributed by atoms with Crippen molar-refractivity contribution in [3.05, 3.63) is 54.1 Å². The lowest BCUT2D eigenvalue weighted by Gasteiger charge is -2.20. The Balaban J connectivity index is 1.69. The van der Waals surface area contributed by atoms with Crippen molar-refractivity contribution in [1.29, 1.82) is 0 Å². The van der Waals surface area contributed by atoms with Crippen LogP contribution in [-0.4, -0.2) is 53.4 Å². The Hall–Kier alpha value is -2.43. The van der Waals surface area contributed by atoms with Crippen LogP contribution in [0.1, 0.15) is 36.0 Å². The minimum atomic E-state index is -3.54. The van der Waals surface area contributed by atoms with Crippen molar-refractivity contribution in [3.63, 3.8) is 0 Å². The first-order valence-electron chi connectivity index (χ1n) is 10.0. The van der Waals surface area contributed by atoms with Crippen molar-refractivity contribution in [2.75, 3.05) is 36.0 Å². The molecule has 2 aromatic rings. The standard InChI is InChI=1S/C21H27N3O5S2/c1-23(30(2,26)27)19-11-7-17(8-12-19)21(25)22-18-9-13-20(14-10-18)31(28,29)24-15-5-3-4-6-16-24/h7-14H,3-6,15-16H2,1-2H3,(H,22,25). The molecule has 1 amide bonds. The Labute approximate surface area is 184 Å². The molecular weight excluding hydrogens is 438 g/mol. The van der Waals surface area contributed by atoms with E-state index in [0.717, 1.165) is 36.2 Å².